The summed E-state index contributed by atoms with van der Waals surface area (Å²) in [6.45, 7) is 6.55. The van der Waals surface area contributed by atoms with E-state index in [-0.39, 0.29) is 0 Å². The van der Waals surface area contributed by atoms with Crippen LogP contribution in [0.15, 0.2) is 59.6 Å². The van der Waals surface area contributed by atoms with E-state index in [1.807, 2.05) is 13.1 Å². The van der Waals surface area contributed by atoms with Crippen molar-refractivity contribution in [2.45, 2.75) is 4.90 Å². The molecule has 2 aliphatic rings. The number of morpholine rings is 2. The third-order valence-electron chi connectivity index (χ3n) is 6.34. The molecule has 8 nitrogen and oxygen atoms in total. The highest BCUT2D eigenvalue weighted by Crippen LogP contribution is 2.31. The third-order valence-corrected chi connectivity index (χ3v) is 7.06. The predicted molar refractivity (Wildman–Crippen MR) is 144 cm³/mol. The Morgan fingerprint density at radius 1 is 0.886 bits per heavy atom. The minimum absolute atomic E-state index is 0.572. The molecule has 0 amide bonds. The Morgan fingerprint density at radius 3 is 2.17 bits per heavy atom. The molecule has 0 bridgehead atoms. The second kappa shape index (κ2) is 11.2. The third kappa shape index (κ3) is 5.80. The second-order valence-corrected chi connectivity index (χ2v) is 9.44. The molecule has 2 saturated heterocycles. The molecule has 0 aliphatic carbocycles. The van der Waals surface area contributed by atoms with Crippen molar-refractivity contribution >= 4 is 46.3 Å². The van der Waals surface area contributed by atoms with Crippen molar-refractivity contribution in [3.05, 3.63) is 54.7 Å². The summed E-state index contributed by atoms with van der Waals surface area (Å²) in [5.41, 5.74) is 4.42. The van der Waals surface area contributed by atoms with E-state index in [0.29, 0.717) is 5.95 Å². The van der Waals surface area contributed by atoms with Gasteiger partial charge in [-0.2, -0.15) is 4.98 Å². The number of nitrogens with zero attached hydrogens (tertiary/aromatic N) is 5. The molecule has 5 rings (SSSR count). The van der Waals surface area contributed by atoms with Crippen LogP contribution in [0, 0.1) is 0 Å². The highest BCUT2D eigenvalue weighted by atomic mass is 32.2. The lowest BCUT2D eigenvalue weighted by Crippen LogP contribution is -2.38. The molecule has 2 aromatic carbocycles. The molecule has 35 heavy (non-hydrogen) atoms. The molecule has 2 fully saturated rings. The Bertz CT molecular complexity index is 1100. The van der Waals surface area contributed by atoms with Crippen LogP contribution < -0.4 is 20.0 Å². The van der Waals surface area contributed by atoms with E-state index in [4.69, 9.17) is 14.5 Å². The Balaban J connectivity index is 1.41. The molecule has 9 heteroatoms. The monoisotopic (exact) mass is 492 g/mol. The molecular weight excluding hydrogens is 460 g/mol. The van der Waals surface area contributed by atoms with Gasteiger partial charge in [0.15, 0.2) is 0 Å². The number of ether oxygens (including phenoxy) is 2. The van der Waals surface area contributed by atoms with Gasteiger partial charge in [-0.25, -0.2) is 4.98 Å². The summed E-state index contributed by atoms with van der Waals surface area (Å²) in [6.07, 6.45) is 3.89. The molecular formula is C26H32N6O2S. The number of hydrogen-bond acceptors (Lipinski definition) is 9. The normalized spacial score (nSPS) is 16.3. The van der Waals surface area contributed by atoms with Gasteiger partial charge < -0.3 is 29.5 Å². The lowest BCUT2D eigenvalue weighted by molar-refractivity contribution is 0.122. The van der Waals surface area contributed by atoms with Crippen LogP contribution in [0.5, 0.6) is 0 Å². The minimum Gasteiger partial charge on any atom is -0.378 e. The fraction of sp³-hybridized carbons (Fsp3) is 0.385. The molecule has 184 valence electrons. The zero-order valence-corrected chi connectivity index (χ0v) is 21.1. The smallest absolute Gasteiger partial charge is 0.229 e. The summed E-state index contributed by atoms with van der Waals surface area (Å²) in [7, 11) is 2.03. The Morgan fingerprint density at radius 2 is 1.54 bits per heavy atom. The lowest BCUT2D eigenvalue weighted by Gasteiger charge is -2.33. The van der Waals surface area contributed by atoms with E-state index in [2.05, 4.69) is 73.7 Å². The minimum atomic E-state index is 0.572. The quantitative estimate of drug-likeness (QED) is 0.484. The summed E-state index contributed by atoms with van der Waals surface area (Å²) in [5, 5.41) is 3.46. The molecule has 1 N–H and O–H groups in total. The van der Waals surface area contributed by atoms with Gasteiger partial charge in [0.2, 0.25) is 5.95 Å². The van der Waals surface area contributed by atoms with Crippen LogP contribution in [0.3, 0.4) is 0 Å². The Labute approximate surface area is 211 Å². The van der Waals surface area contributed by atoms with Gasteiger partial charge in [-0.15, -0.1) is 11.8 Å². The van der Waals surface area contributed by atoms with E-state index < -0.39 is 0 Å². The molecule has 1 aromatic heterocycles. The Kier molecular flexibility index (Phi) is 7.56. The number of nitrogens with one attached hydrogen (secondary N) is 1. The molecule has 0 radical (unpaired) electrons. The number of aromatic nitrogens is 2. The standard InChI is InChI=1S/C26H32N6O2S/c1-30(21-4-3-5-24(19-21)35-2)25-6-7-27-26(29-25)28-20-16-22(31-8-12-33-13-9-31)18-23(17-20)32-10-14-34-15-11-32/h3-7,16-19H,8-15H2,1-2H3,(H,27,28,29). The van der Waals surface area contributed by atoms with Crippen molar-refractivity contribution in [2.75, 3.05) is 85.9 Å². The first-order valence-electron chi connectivity index (χ1n) is 12.0. The number of rotatable bonds is 7. The first kappa shape index (κ1) is 23.7. The van der Waals surface area contributed by atoms with Crippen molar-refractivity contribution in [3.8, 4) is 0 Å². The van der Waals surface area contributed by atoms with Gasteiger partial charge in [0.1, 0.15) is 5.82 Å². The molecule has 0 saturated carbocycles. The second-order valence-electron chi connectivity index (χ2n) is 8.56. The van der Waals surface area contributed by atoms with E-state index in [9.17, 15) is 0 Å². The van der Waals surface area contributed by atoms with Crippen molar-refractivity contribution in [2.24, 2.45) is 0 Å². The summed E-state index contributed by atoms with van der Waals surface area (Å²) in [5.74, 6) is 1.40. The van der Waals surface area contributed by atoms with Crippen LogP contribution in [0.1, 0.15) is 0 Å². The number of benzene rings is 2. The number of hydrogen-bond donors (Lipinski definition) is 1. The molecule has 0 unspecified atom stereocenters. The van der Waals surface area contributed by atoms with Gasteiger partial charge in [0.05, 0.1) is 26.4 Å². The first-order chi connectivity index (χ1) is 17.2. The summed E-state index contributed by atoms with van der Waals surface area (Å²) in [4.78, 5) is 17.4. The van der Waals surface area contributed by atoms with Crippen molar-refractivity contribution in [3.63, 3.8) is 0 Å². The van der Waals surface area contributed by atoms with Crippen LogP contribution in [-0.4, -0.2) is 75.9 Å². The van der Waals surface area contributed by atoms with Crippen molar-refractivity contribution in [1.82, 2.24) is 9.97 Å². The van der Waals surface area contributed by atoms with Crippen LogP contribution in [-0.2, 0) is 9.47 Å². The lowest BCUT2D eigenvalue weighted by atomic mass is 10.2. The average Bonchev–Trinajstić information content (AvgIpc) is 2.93. The summed E-state index contributed by atoms with van der Waals surface area (Å²) in [6, 6.07) is 17.0. The van der Waals surface area contributed by atoms with E-state index in [0.717, 1.165) is 69.8 Å². The predicted octanol–water partition coefficient (Wildman–Crippen LogP) is 4.38. The van der Waals surface area contributed by atoms with Gasteiger partial charge in [-0.3, -0.25) is 0 Å². The highest BCUT2D eigenvalue weighted by Gasteiger charge is 2.18. The topological polar surface area (TPSA) is 66.0 Å². The van der Waals surface area contributed by atoms with E-state index in [1.54, 1.807) is 18.0 Å². The fourth-order valence-corrected chi connectivity index (χ4v) is 4.81. The average molecular weight is 493 g/mol. The van der Waals surface area contributed by atoms with Crippen LogP contribution >= 0.6 is 11.8 Å². The van der Waals surface area contributed by atoms with Gasteiger partial charge in [0, 0.05) is 67.1 Å². The number of thioether (sulfide) groups is 1. The fourth-order valence-electron chi connectivity index (χ4n) is 4.35. The largest absolute Gasteiger partial charge is 0.378 e. The van der Waals surface area contributed by atoms with Crippen LogP contribution in [0.2, 0.25) is 0 Å². The van der Waals surface area contributed by atoms with Gasteiger partial charge in [-0.1, -0.05) is 6.07 Å². The maximum absolute atomic E-state index is 5.57. The van der Waals surface area contributed by atoms with E-state index in [1.165, 1.54) is 16.3 Å². The number of anilines is 6. The molecule has 0 atom stereocenters. The van der Waals surface area contributed by atoms with Crippen LogP contribution in [0.4, 0.5) is 34.5 Å². The van der Waals surface area contributed by atoms with E-state index >= 15 is 0 Å². The van der Waals surface area contributed by atoms with Crippen molar-refractivity contribution in [1.29, 1.82) is 0 Å². The molecule has 3 heterocycles. The summed E-state index contributed by atoms with van der Waals surface area (Å²) >= 11 is 1.73. The van der Waals surface area contributed by atoms with Crippen molar-refractivity contribution < 1.29 is 9.47 Å². The highest BCUT2D eigenvalue weighted by molar-refractivity contribution is 7.98. The molecule has 0 spiro atoms. The zero-order valence-electron chi connectivity index (χ0n) is 20.3. The zero-order chi connectivity index (χ0) is 24.0. The first-order valence-corrected chi connectivity index (χ1v) is 13.2. The molecule has 2 aliphatic heterocycles. The van der Waals surface area contributed by atoms with Crippen LogP contribution in [0.25, 0.3) is 0 Å². The maximum atomic E-state index is 5.57. The van der Waals surface area contributed by atoms with Gasteiger partial charge in [-0.05, 0) is 48.7 Å². The Hall–Kier alpha value is -3.01. The molecule has 3 aromatic rings. The SMILES string of the molecule is CSc1cccc(N(C)c2ccnc(Nc3cc(N4CCOCC4)cc(N4CCOCC4)c3)n2)c1. The maximum Gasteiger partial charge on any atom is 0.229 e. The summed E-state index contributed by atoms with van der Waals surface area (Å²) < 4.78 is 11.1. The van der Waals surface area contributed by atoms with Gasteiger partial charge in [0.25, 0.3) is 0 Å². The van der Waals surface area contributed by atoms with Gasteiger partial charge >= 0.3 is 0 Å².